The van der Waals surface area contributed by atoms with Crippen LogP contribution >= 0.6 is 23.1 Å². The van der Waals surface area contributed by atoms with Crippen LogP contribution in [0.5, 0.6) is 0 Å². The molecule has 3 aromatic heterocycles. The minimum atomic E-state index is 0.000486. The Morgan fingerprint density at radius 3 is 2.84 bits per heavy atom. The van der Waals surface area contributed by atoms with Crippen molar-refractivity contribution in [3.05, 3.63) is 52.2 Å². The van der Waals surface area contributed by atoms with Crippen LogP contribution in [-0.2, 0) is 24.2 Å². The van der Waals surface area contributed by atoms with Crippen molar-refractivity contribution in [3.8, 4) is 0 Å². The lowest BCUT2D eigenvalue weighted by Gasteiger charge is -2.11. The second kappa shape index (κ2) is 7.91. The zero-order valence-electron chi connectivity index (χ0n) is 17.1. The number of fused-ring (bicyclic) bond motifs is 5. The third-order valence-corrected chi connectivity index (χ3v) is 8.18. The van der Waals surface area contributed by atoms with Gasteiger partial charge in [-0.3, -0.25) is 9.20 Å². The number of carbonyl (C=O) groups is 1. The van der Waals surface area contributed by atoms with Gasteiger partial charge in [0.15, 0.2) is 10.8 Å². The van der Waals surface area contributed by atoms with E-state index in [4.69, 9.17) is 4.98 Å². The molecule has 1 amide bonds. The van der Waals surface area contributed by atoms with Crippen LogP contribution < -0.4 is 5.32 Å². The average molecular weight is 450 g/mol. The van der Waals surface area contributed by atoms with Gasteiger partial charge in [-0.2, -0.15) is 0 Å². The average Bonchev–Trinajstić information content (AvgIpc) is 3.46. The molecule has 0 atom stereocenters. The number of thiophene rings is 1. The van der Waals surface area contributed by atoms with Crippen LogP contribution in [0.25, 0.3) is 15.9 Å². The Morgan fingerprint density at radius 2 is 2.00 bits per heavy atom. The van der Waals surface area contributed by atoms with Gasteiger partial charge in [0, 0.05) is 17.3 Å². The minimum Gasteiger partial charge on any atom is -0.351 e. The summed E-state index contributed by atoms with van der Waals surface area (Å²) in [7, 11) is 0. The van der Waals surface area contributed by atoms with Gasteiger partial charge in [0.1, 0.15) is 10.7 Å². The predicted molar refractivity (Wildman–Crippen MR) is 124 cm³/mol. The Morgan fingerprint density at radius 1 is 1.16 bits per heavy atom. The van der Waals surface area contributed by atoms with E-state index in [1.54, 1.807) is 0 Å². The Kier molecular flexibility index (Phi) is 4.91. The molecule has 1 fully saturated rings. The number of benzene rings is 1. The molecule has 6 nitrogen and oxygen atoms in total. The molecule has 158 valence electrons. The van der Waals surface area contributed by atoms with Crippen LogP contribution in [0, 0.1) is 0 Å². The standard InChI is InChI=1S/C23H23N5OS2/c29-18(24-12-14-6-2-1-3-7-14)13-30-23-27-26-21-19-16-8-4-5-9-17(16)31-22(19)25-20(28(21)23)15-10-11-15/h1-3,6-7,15H,4-5,8-13H2,(H,24,29). The molecule has 0 radical (unpaired) electrons. The quantitative estimate of drug-likeness (QED) is 0.439. The number of carbonyl (C=O) groups excluding carboxylic acids is 1. The fourth-order valence-corrected chi connectivity index (χ4v) is 6.37. The van der Waals surface area contributed by atoms with E-state index in [-0.39, 0.29) is 5.91 Å². The molecular weight excluding hydrogens is 426 g/mol. The lowest BCUT2D eigenvalue weighted by Crippen LogP contribution is -2.24. The smallest absolute Gasteiger partial charge is 0.230 e. The van der Waals surface area contributed by atoms with Crippen LogP contribution in [0.2, 0.25) is 0 Å². The number of amides is 1. The number of aryl methyl sites for hydroxylation is 2. The first kappa shape index (κ1) is 19.3. The van der Waals surface area contributed by atoms with Crippen molar-refractivity contribution in [2.75, 3.05) is 5.75 Å². The van der Waals surface area contributed by atoms with Gasteiger partial charge in [0.05, 0.1) is 11.1 Å². The maximum absolute atomic E-state index is 12.4. The molecule has 0 unspecified atom stereocenters. The van der Waals surface area contributed by atoms with Gasteiger partial charge in [-0.25, -0.2) is 4.98 Å². The third-order valence-electron chi connectivity index (χ3n) is 6.06. The molecular formula is C23H23N5OS2. The summed E-state index contributed by atoms with van der Waals surface area (Å²) in [5, 5.41) is 14.1. The highest BCUT2D eigenvalue weighted by Crippen LogP contribution is 2.44. The van der Waals surface area contributed by atoms with Gasteiger partial charge in [-0.1, -0.05) is 42.1 Å². The largest absolute Gasteiger partial charge is 0.351 e. The summed E-state index contributed by atoms with van der Waals surface area (Å²) in [4.78, 5) is 20.1. The second-order valence-corrected chi connectivity index (χ2v) is 10.4. The van der Waals surface area contributed by atoms with Crippen molar-refractivity contribution in [2.45, 2.75) is 56.1 Å². The van der Waals surface area contributed by atoms with Crippen molar-refractivity contribution in [3.63, 3.8) is 0 Å². The summed E-state index contributed by atoms with van der Waals surface area (Å²) in [5.74, 6) is 1.87. The number of nitrogens with zero attached hydrogens (tertiary/aromatic N) is 4. The van der Waals surface area contributed by atoms with Gasteiger partial charge in [0.25, 0.3) is 0 Å². The van der Waals surface area contributed by atoms with Crippen molar-refractivity contribution in [1.82, 2.24) is 24.9 Å². The molecule has 3 heterocycles. The highest BCUT2D eigenvalue weighted by molar-refractivity contribution is 7.99. The normalized spacial score (nSPS) is 16.0. The minimum absolute atomic E-state index is 0.000486. The summed E-state index contributed by atoms with van der Waals surface area (Å²) in [5.41, 5.74) is 3.45. The second-order valence-electron chi connectivity index (χ2n) is 8.33. The molecule has 2 aliphatic rings. The highest BCUT2D eigenvalue weighted by Gasteiger charge is 2.32. The molecule has 0 spiro atoms. The van der Waals surface area contributed by atoms with E-state index in [0.29, 0.717) is 18.2 Å². The maximum Gasteiger partial charge on any atom is 0.230 e. The van der Waals surface area contributed by atoms with E-state index < -0.39 is 0 Å². The number of aromatic nitrogens is 4. The summed E-state index contributed by atoms with van der Waals surface area (Å²) >= 11 is 3.29. The number of hydrogen-bond donors (Lipinski definition) is 1. The molecule has 1 saturated carbocycles. The zero-order valence-corrected chi connectivity index (χ0v) is 18.8. The molecule has 1 N–H and O–H groups in total. The van der Waals surface area contributed by atoms with E-state index in [2.05, 4.69) is 19.9 Å². The van der Waals surface area contributed by atoms with Gasteiger partial charge >= 0.3 is 0 Å². The first-order chi connectivity index (χ1) is 15.3. The van der Waals surface area contributed by atoms with Gasteiger partial charge < -0.3 is 5.32 Å². The Hall–Kier alpha value is -2.45. The highest BCUT2D eigenvalue weighted by atomic mass is 32.2. The SMILES string of the molecule is O=C(CSc1nnc2c3c4c(sc3nc(C3CC3)n12)CCCC4)NCc1ccccc1. The Labute approximate surface area is 188 Å². The summed E-state index contributed by atoms with van der Waals surface area (Å²) in [6, 6.07) is 9.97. The molecule has 0 bridgehead atoms. The van der Waals surface area contributed by atoms with Crippen LogP contribution in [0.1, 0.15) is 53.4 Å². The maximum atomic E-state index is 12.4. The first-order valence-electron chi connectivity index (χ1n) is 10.9. The Bertz CT molecular complexity index is 1280. The van der Waals surface area contributed by atoms with Gasteiger partial charge in [-0.05, 0) is 49.7 Å². The number of hydrogen-bond acceptors (Lipinski definition) is 6. The molecule has 4 aromatic rings. The Balaban J connectivity index is 1.29. The van der Waals surface area contributed by atoms with E-state index in [0.717, 1.165) is 39.9 Å². The van der Waals surface area contributed by atoms with Crippen LogP contribution in [0.3, 0.4) is 0 Å². The molecule has 31 heavy (non-hydrogen) atoms. The molecule has 1 aromatic carbocycles. The lowest BCUT2D eigenvalue weighted by molar-refractivity contribution is -0.118. The first-order valence-corrected chi connectivity index (χ1v) is 12.7. The fraction of sp³-hybridized carbons (Fsp3) is 0.391. The van der Waals surface area contributed by atoms with E-state index >= 15 is 0 Å². The molecule has 6 rings (SSSR count). The van der Waals surface area contributed by atoms with Crippen LogP contribution in [-0.4, -0.2) is 31.2 Å². The third kappa shape index (κ3) is 3.61. The predicted octanol–water partition coefficient (Wildman–Crippen LogP) is 4.50. The number of rotatable bonds is 6. The lowest BCUT2D eigenvalue weighted by atomic mass is 9.97. The fourth-order valence-electron chi connectivity index (χ4n) is 4.34. The van der Waals surface area contributed by atoms with Crippen LogP contribution in [0.15, 0.2) is 35.5 Å². The summed E-state index contributed by atoms with van der Waals surface area (Å²) in [6.45, 7) is 0.539. The van der Waals surface area contributed by atoms with Crippen molar-refractivity contribution >= 4 is 44.9 Å². The summed E-state index contributed by atoms with van der Waals surface area (Å²) in [6.07, 6.45) is 7.08. The monoisotopic (exact) mass is 449 g/mol. The van der Waals surface area contributed by atoms with E-state index in [1.807, 2.05) is 41.7 Å². The number of nitrogens with one attached hydrogen (secondary N) is 1. The van der Waals surface area contributed by atoms with E-state index in [9.17, 15) is 4.79 Å². The molecule has 0 aliphatic heterocycles. The zero-order chi connectivity index (χ0) is 20.8. The van der Waals surface area contributed by atoms with Gasteiger partial charge in [0.2, 0.25) is 5.91 Å². The van der Waals surface area contributed by atoms with Crippen LogP contribution in [0.4, 0.5) is 0 Å². The van der Waals surface area contributed by atoms with Crippen molar-refractivity contribution in [1.29, 1.82) is 0 Å². The number of thioether (sulfide) groups is 1. The molecule has 0 saturated heterocycles. The molecule has 2 aliphatic carbocycles. The summed E-state index contributed by atoms with van der Waals surface area (Å²) < 4.78 is 2.14. The van der Waals surface area contributed by atoms with E-state index in [1.165, 1.54) is 53.3 Å². The topological polar surface area (TPSA) is 72.2 Å². The van der Waals surface area contributed by atoms with Crippen molar-refractivity contribution in [2.24, 2.45) is 0 Å². The van der Waals surface area contributed by atoms with Crippen molar-refractivity contribution < 1.29 is 4.79 Å². The van der Waals surface area contributed by atoms with Gasteiger partial charge in [-0.15, -0.1) is 21.5 Å². The molecule has 8 heteroatoms.